The molecule has 2 aromatic rings. The Labute approximate surface area is 155 Å². The monoisotopic (exact) mass is 384 g/mol. The van der Waals surface area contributed by atoms with Gasteiger partial charge in [-0.1, -0.05) is 53.0 Å². The lowest BCUT2D eigenvalue weighted by molar-refractivity contribution is -0.129. The molecule has 0 saturated heterocycles. The van der Waals surface area contributed by atoms with E-state index in [1.165, 1.54) is 4.90 Å². The van der Waals surface area contributed by atoms with Crippen molar-refractivity contribution in [2.45, 2.75) is 6.54 Å². The van der Waals surface area contributed by atoms with Gasteiger partial charge in [-0.15, -0.1) is 0 Å². The fraction of sp³-hybridized carbons (Fsp3) is 0.176. The van der Waals surface area contributed by atoms with E-state index >= 15 is 0 Å². The van der Waals surface area contributed by atoms with Crippen LogP contribution in [0.15, 0.2) is 42.5 Å². The molecule has 0 bridgehead atoms. The van der Waals surface area contributed by atoms with Crippen molar-refractivity contribution in [3.05, 3.63) is 68.7 Å². The zero-order valence-corrected chi connectivity index (χ0v) is 15.1. The SMILES string of the molecule is CN(Cc1ccc(Cl)cc1Cl)C(=O)CNC(=O)c1ccccc1Cl. The fourth-order valence-corrected chi connectivity index (χ4v) is 2.71. The van der Waals surface area contributed by atoms with Gasteiger partial charge in [-0.2, -0.15) is 0 Å². The highest BCUT2D eigenvalue weighted by Gasteiger charge is 2.14. The number of hydrogen-bond donors (Lipinski definition) is 1. The Hall–Kier alpha value is -1.75. The molecule has 2 amide bonds. The highest BCUT2D eigenvalue weighted by Crippen LogP contribution is 2.22. The molecule has 0 radical (unpaired) electrons. The summed E-state index contributed by atoms with van der Waals surface area (Å²) in [5, 5.41) is 3.92. The second-order valence-corrected chi connectivity index (χ2v) is 6.40. The van der Waals surface area contributed by atoms with E-state index in [1.807, 2.05) is 0 Å². The molecule has 0 saturated carbocycles. The molecule has 24 heavy (non-hydrogen) atoms. The van der Waals surface area contributed by atoms with Crippen molar-refractivity contribution < 1.29 is 9.59 Å². The van der Waals surface area contributed by atoms with Crippen molar-refractivity contribution >= 4 is 46.6 Å². The summed E-state index contributed by atoms with van der Waals surface area (Å²) in [5.74, 6) is -0.645. The number of rotatable bonds is 5. The predicted octanol–water partition coefficient (Wildman–Crippen LogP) is 4.04. The molecule has 0 aliphatic rings. The summed E-state index contributed by atoms with van der Waals surface area (Å²) in [4.78, 5) is 25.7. The summed E-state index contributed by atoms with van der Waals surface area (Å²) in [5.41, 5.74) is 1.10. The lowest BCUT2D eigenvalue weighted by Gasteiger charge is -2.18. The summed E-state index contributed by atoms with van der Waals surface area (Å²) in [6.45, 7) is 0.183. The fourth-order valence-electron chi connectivity index (χ4n) is 2.03. The first-order chi connectivity index (χ1) is 11.4. The van der Waals surface area contributed by atoms with E-state index in [0.29, 0.717) is 27.2 Å². The second kappa shape index (κ2) is 8.38. The maximum Gasteiger partial charge on any atom is 0.253 e. The van der Waals surface area contributed by atoms with E-state index < -0.39 is 5.91 Å². The number of carbonyl (C=O) groups excluding carboxylic acids is 2. The van der Waals surface area contributed by atoms with Crippen LogP contribution < -0.4 is 5.32 Å². The number of hydrogen-bond acceptors (Lipinski definition) is 2. The van der Waals surface area contributed by atoms with E-state index in [1.54, 1.807) is 49.5 Å². The molecule has 2 rings (SSSR count). The third kappa shape index (κ3) is 4.87. The number of halogens is 3. The predicted molar refractivity (Wildman–Crippen MR) is 96.7 cm³/mol. The average molecular weight is 386 g/mol. The lowest BCUT2D eigenvalue weighted by atomic mass is 10.2. The van der Waals surface area contributed by atoms with Crippen LogP contribution in [0.1, 0.15) is 15.9 Å². The first-order valence-electron chi connectivity index (χ1n) is 7.09. The van der Waals surface area contributed by atoms with Gasteiger partial charge in [0.1, 0.15) is 0 Å². The van der Waals surface area contributed by atoms with Crippen LogP contribution in [0.2, 0.25) is 15.1 Å². The molecule has 2 aromatic carbocycles. The minimum Gasteiger partial charge on any atom is -0.343 e. The van der Waals surface area contributed by atoms with E-state index in [0.717, 1.165) is 5.56 Å². The normalized spacial score (nSPS) is 10.3. The van der Waals surface area contributed by atoms with Gasteiger partial charge in [0.15, 0.2) is 0 Å². The van der Waals surface area contributed by atoms with E-state index in [9.17, 15) is 9.59 Å². The largest absolute Gasteiger partial charge is 0.343 e. The highest BCUT2D eigenvalue weighted by atomic mass is 35.5. The summed E-state index contributed by atoms with van der Waals surface area (Å²) in [6, 6.07) is 11.7. The second-order valence-electron chi connectivity index (χ2n) is 5.15. The van der Waals surface area contributed by atoms with Crippen LogP contribution in [0.3, 0.4) is 0 Å². The van der Waals surface area contributed by atoms with Crippen LogP contribution in [0, 0.1) is 0 Å². The smallest absolute Gasteiger partial charge is 0.253 e. The van der Waals surface area contributed by atoms with Crippen molar-refractivity contribution in [2.75, 3.05) is 13.6 Å². The average Bonchev–Trinajstić information content (AvgIpc) is 2.55. The molecule has 126 valence electrons. The van der Waals surface area contributed by atoms with Gasteiger partial charge in [-0.25, -0.2) is 0 Å². The van der Waals surface area contributed by atoms with E-state index in [-0.39, 0.29) is 12.5 Å². The molecule has 4 nitrogen and oxygen atoms in total. The van der Waals surface area contributed by atoms with Crippen molar-refractivity contribution in [2.24, 2.45) is 0 Å². The molecule has 0 aliphatic carbocycles. The van der Waals surface area contributed by atoms with Crippen LogP contribution in [0.4, 0.5) is 0 Å². The molecule has 0 aliphatic heterocycles. The maximum absolute atomic E-state index is 12.2. The number of nitrogens with one attached hydrogen (secondary N) is 1. The summed E-state index contributed by atoms with van der Waals surface area (Å²) >= 11 is 17.9. The number of carbonyl (C=O) groups is 2. The van der Waals surface area contributed by atoms with E-state index in [4.69, 9.17) is 34.8 Å². The Balaban J connectivity index is 1.92. The zero-order chi connectivity index (χ0) is 17.7. The quantitative estimate of drug-likeness (QED) is 0.844. The van der Waals surface area contributed by atoms with Crippen molar-refractivity contribution in [1.29, 1.82) is 0 Å². The van der Waals surface area contributed by atoms with Gasteiger partial charge in [-0.05, 0) is 29.8 Å². The molecule has 0 unspecified atom stereocenters. The van der Waals surface area contributed by atoms with Gasteiger partial charge in [0.2, 0.25) is 5.91 Å². The Morgan fingerprint density at radius 3 is 2.42 bits per heavy atom. The Morgan fingerprint density at radius 1 is 1.04 bits per heavy atom. The van der Waals surface area contributed by atoms with Crippen LogP contribution >= 0.6 is 34.8 Å². The molecule has 0 aromatic heterocycles. The van der Waals surface area contributed by atoms with Gasteiger partial charge in [0.25, 0.3) is 5.91 Å². The van der Waals surface area contributed by atoms with Gasteiger partial charge in [-0.3, -0.25) is 9.59 Å². The third-order valence-electron chi connectivity index (χ3n) is 3.37. The van der Waals surface area contributed by atoms with Gasteiger partial charge in [0, 0.05) is 23.6 Å². The van der Waals surface area contributed by atoms with Gasteiger partial charge >= 0.3 is 0 Å². The topological polar surface area (TPSA) is 49.4 Å². The number of nitrogens with zero attached hydrogens (tertiary/aromatic N) is 1. The van der Waals surface area contributed by atoms with Crippen LogP contribution in [0.25, 0.3) is 0 Å². The lowest BCUT2D eigenvalue weighted by Crippen LogP contribution is -2.37. The summed E-state index contributed by atoms with van der Waals surface area (Å²) in [7, 11) is 1.63. The maximum atomic E-state index is 12.2. The molecule has 0 atom stereocenters. The standard InChI is InChI=1S/C17H15Cl3N2O2/c1-22(10-11-6-7-12(18)8-15(11)20)16(23)9-21-17(24)13-4-2-3-5-14(13)19/h2-8H,9-10H2,1H3,(H,21,24). The molecule has 7 heteroatoms. The number of likely N-dealkylation sites (N-methyl/N-ethyl adjacent to an activating group) is 1. The Bertz CT molecular complexity index is 765. The number of amides is 2. The molecule has 0 heterocycles. The third-order valence-corrected chi connectivity index (χ3v) is 4.28. The van der Waals surface area contributed by atoms with Gasteiger partial charge in [0.05, 0.1) is 17.1 Å². The minimum absolute atomic E-state index is 0.133. The van der Waals surface area contributed by atoms with Gasteiger partial charge < -0.3 is 10.2 Å². The minimum atomic E-state index is -0.396. The molecular formula is C17H15Cl3N2O2. The number of benzene rings is 2. The molecule has 1 N–H and O–H groups in total. The van der Waals surface area contributed by atoms with Crippen LogP contribution in [-0.2, 0) is 11.3 Å². The Morgan fingerprint density at radius 2 is 1.75 bits per heavy atom. The first kappa shape index (κ1) is 18.6. The summed E-state index contributed by atoms with van der Waals surface area (Å²) < 4.78 is 0. The first-order valence-corrected chi connectivity index (χ1v) is 8.22. The Kier molecular flexibility index (Phi) is 6.49. The molecule has 0 fully saturated rings. The van der Waals surface area contributed by atoms with Crippen molar-refractivity contribution in [3.8, 4) is 0 Å². The van der Waals surface area contributed by atoms with Crippen molar-refractivity contribution in [3.63, 3.8) is 0 Å². The van der Waals surface area contributed by atoms with E-state index in [2.05, 4.69) is 5.32 Å². The molecule has 0 spiro atoms. The van der Waals surface area contributed by atoms with Crippen molar-refractivity contribution in [1.82, 2.24) is 10.2 Å². The molecular weight excluding hydrogens is 371 g/mol. The zero-order valence-electron chi connectivity index (χ0n) is 12.9. The van der Waals surface area contributed by atoms with Crippen LogP contribution in [-0.4, -0.2) is 30.3 Å². The highest BCUT2D eigenvalue weighted by molar-refractivity contribution is 6.35. The van der Waals surface area contributed by atoms with Crippen LogP contribution in [0.5, 0.6) is 0 Å². The summed E-state index contributed by atoms with van der Waals surface area (Å²) in [6.07, 6.45) is 0.